The van der Waals surface area contributed by atoms with Gasteiger partial charge in [-0.25, -0.2) is 4.99 Å². The Bertz CT molecular complexity index is 1260. The molecule has 1 fully saturated rings. The van der Waals surface area contributed by atoms with Crippen LogP contribution < -0.4 is 14.2 Å². The van der Waals surface area contributed by atoms with Crippen LogP contribution in [0.2, 0.25) is 0 Å². The van der Waals surface area contributed by atoms with Gasteiger partial charge in [-0.05, 0) is 49.4 Å². The van der Waals surface area contributed by atoms with Gasteiger partial charge >= 0.3 is 0 Å². The number of fused-ring (bicyclic) bond motifs is 2. The summed E-state index contributed by atoms with van der Waals surface area (Å²) in [7, 11) is 3.15. The summed E-state index contributed by atoms with van der Waals surface area (Å²) in [4.78, 5) is 22.5. The first-order valence-electron chi connectivity index (χ1n) is 11.3. The van der Waals surface area contributed by atoms with Crippen LogP contribution in [0.15, 0.2) is 71.7 Å². The number of ether oxygens (including phenoxy) is 3. The molecule has 0 radical (unpaired) electrons. The van der Waals surface area contributed by atoms with E-state index in [1.54, 1.807) is 32.4 Å². The summed E-state index contributed by atoms with van der Waals surface area (Å²) in [6, 6.07) is 21.0. The molecule has 0 aliphatic carbocycles. The van der Waals surface area contributed by atoms with Crippen molar-refractivity contribution in [3.05, 3.63) is 77.9 Å². The Balaban J connectivity index is 1.41. The second-order valence-electron chi connectivity index (χ2n) is 8.36. The van der Waals surface area contributed by atoms with Crippen molar-refractivity contribution in [1.29, 1.82) is 0 Å². The van der Waals surface area contributed by atoms with Crippen molar-refractivity contribution in [1.82, 2.24) is 9.80 Å². The fourth-order valence-electron chi connectivity index (χ4n) is 4.50. The molecule has 0 saturated carbocycles. The summed E-state index contributed by atoms with van der Waals surface area (Å²) >= 11 is 0. The van der Waals surface area contributed by atoms with Gasteiger partial charge in [0.05, 0.1) is 19.8 Å². The van der Waals surface area contributed by atoms with Crippen molar-refractivity contribution in [2.75, 3.05) is 33.9 Å². The lowest BCUT2D eigenvalue weighted by molar-refractivity contribution is 0.0581. The number of carbonyl (C=O) groups is 1. The Labute approximate surface area is 199 Å². The van der Waals surface area contributed by atoms with Crippen molar-refractivity contribution in [2.45, 2.75) is 13.0 Å². The number of benzene rings is 3. The number of amidine groups is 1. The first-order valence-corrected chi connectivity index (χ1v) is 11.3. The fraction of sp³-hybridized carbons (Fsp3) is 0.259. The first kappa shape index (κ1) is 21.8. The van der Waals surface area contributed by atoms with Crippen LogP contribution in [0.5, 0.6) is 23.0 Å². The summed E-state index contributed by atoms with van der Waals surface area (Å²) in [5.41, 5.74) is 2.33. The number of para-hydroxylation sites is 3. The van der Waals surface area contributed by atoms with Crippen molar-refractivity contribution in [2.24, 2.45) is 4.99 Å². The zero-order valence-electron chi connectivity index (χ0n) is 19.5. The Morgan fingerprint density at radius 2 is 1.68 bits per heavy atom. The molecule has 0 aromatic heterocycles. The molecule has 0 spiro atoms. The molecule has 5 rings (SSSR count). The van der Waals surface area contributed by atoms with E-state index in [4.69, 9.17) is 19.2 Å². The molecular weight excluding hydrogens is 430 g/mol. The zero-order valence-corrected chi connectivity index (χ0v) is 19.5. The number of nitrogens with zero attached hydrogens (tertiary/aromatic N) is 3. The largest absolute Gasteiger partial charge is 0.493 e. The fourth-order valence-corrected chi connectivity index (χ4v) is 4.50. The van der Waals surface area contributed by atoms with Gasteiger partial charge in [-0.2, -0.15) is 0 Å². The van der Waals surface area contributed by atoms with Crippen molar-refractivity contribution in [3.63, 3.8) is 0 Å². The average Bonchev–Trinajstić information content (AvgIpc) is 3.04. The molecule has 3 aromatic carbocycles. The minimum Gasteiger partial charge on any atom is -0.493 e. The smallest absolute Gasteiger partial charge is 0.254 e. The summed E-state index contributed by atoms with van der Waals surface area (Å²) in [5, 5.41) is 0. The minimum absolute atomic E-state index is 0.0105. The van der Waals surface area contributed by atoms with Crippen LogP contribution in [0.25, 0.3) is 0 Å². The molecule has 0 N–H and O–H groups in total. The van der Waals surface area contributed by atoms with Crippen LogP contribution in [0.4, 0.5) is 5.69 Å². The number of amides is 1. The monoisotopic (exact) mass is 457 g/mol. The lowest BCUT2D eigenvalue weighted by atomic mass is 10.1. The van der Waals surface area contributed by atoms with E-state index in [1.165, 1.54) is 0 Å². The van der Waals surface area contributed by atoms with E-state index in [1.807, 2.05) is 53.4 Å². The molecule has 1 saturated heterocycles. The number of aliphatic imine (C=N–C) groups is 1. The summed E-state index contributed by atoms with van der Waals surface area (Å²) in [6.07, 6.45) is 0. The predicted molar refractivity (Wildman–Crippen MR) is 131 cm³/mol. The predicted octanol–water partition coefficient (Wildman–Crippen LogP) is 4.73. The molecule has 2 aliphatic rings. The Morgan fingerprint density at radius 3 is 2.44 bits per heavy atom. The van der Waals surface area contributed by atoms with Crippen molar-refractivity contribution in [3.8, 4) is 23.0 Å². The number of hydrogen-bond acceptors (Lipinski definition) is 6. The topological polar surface area (TPSA) is 63.6 Å². The van der Waals surface area contributed by atoms with Crippen molar-refractivity contribution >= 4 is 17.4 Å². The highest BCUT2D eigenvalue weighted by atomic mass is 16.5. The molecule has 2 heterocycles. The third-order valence-corrected chi connectivity index (χ3v) is 6.26. The van der Waals surface area contributed by atoms with E-state index < -0.39 is 0 Å². The van der Waals surface area contributed by atoms with Gasteiger partial charge in [0.25, 0.3) is 5.91 Å². The highest BCUT2D eigenvalue weighted by Gasteiger charge is 2.32. The normalized spacial score (nSPS) is 17.0. The van der Waals surface area contributed by atoms with Crippen LogP contribution >= 0.6 is 0 Å². The lowest BCUT2D eigenvalue weighted by Gasteiger charge is -2.41. The summed E-state index contributed by atoms with van der Waals surface area (Å²) in [6.45, 7) is 3.98. The van der Waals surface area contributed by atoms with Gasteiger partial charge in [-0.1, -0.05) is 24.3 Å². The van der Waals surface area contributed by atoms with Crippen molar-refractivity contribution < 1.29 is 19.0 Å². The summed E-state index contributed by atoms with van der Waals surface area (Å²) in [5.74, 6) is 3.51. The maximum Gasteiger partial charge on any atom is 0.254 e. The van der Waals surface area contributed by atoms with E-state index in [-0.39, 0.29) is 11.9 Å². The number of carbonyl (C=O) groups excluding carboxylic acids is 1. The highest BCUT2D eigenvalue weighted by Crippen LogP contribution is 2.38. The molecular formula is C27H27N3O4. The second kappa shape index (κ2) is 9.09. The molecule has 2 aliphatic heterocycles. The Kier molecular flexibility index (Phi) is 5.84. The van der Waals surface area contributed by atoms with Gasteiger partial charge in [0.2, 0.25) is 0 Å². The molecule has 3 aromatic rings. The molecule has 7 heteroatoms. The van der Waals surface area contributed by atoms with E-state index in [0.29, 0.717) is 36.7 Å². The third-order valence-electron chi connectivity index (χ3n) is 6.26. The maximum absolute atomic E-state index is 13.3. The van der Waals surface area contributed by atoms with Crippen LogP contribution in [0.3, 0.4) is 0 Å². The third kappa shape index (κ3) is 3.94. The van der Waals surface area contributed by atoms with Gasteiger partial charge in [0, 0.05) is 31.2 Å². The Morgan fingerprint density at radius 1 is 0.941 bits per heavy atom. The number of piperazine rings is 1. The SMILES string of the molecule is COc1ccc(C(=O)N2CCN(C3=Nc4ccccc4Oc4ccccc43)CC2C)cc1OC. The molecule has 34 heavy (non-hydrogen) atoms. The molecule has 7 nitrogen and oxygen atoms in total. The van der Waals surface area contributed by atoms with E-state index in [9.17, 15) is 4.79 Å². The molecule has 1 amide bonds. The standard InChI is InChI=1S/C27H27N3O4/c1-18-17-29(14-15-30(18)27(31)19-12-13-24(32-2)25(16-19)33-3)26-20-8-4-6-10-22(20)34-23-11-7-5-9-21(23)28-26/h4-13,16,18H,14-15,17H2,1-3H3. The number of hydrogen-bond donors (Lipinski definition) is 0. The highest BCUT2D eigenvalue weighted by molar-refractivity contribution is 6.04. The van der Waals surface area contributed by atoms with Crippen LogP contribution in [-0.4, -0.2) is 61.4 Å². The number of methoxy groups -OCH3 is 2. The molecule has 0 bridgehead atoms. The van der Waals surface area contributed by atoms with Crippen LogP contribution in [0.1, 0.15) is 22.8 Å². The summed E-state index contributed by atoms with van der Waals surface area (Å²) < 4.78 is 16.9. The van der Waals surface area contributed by atoms with E-state index in [0.717, 1.165) is 28.6 Å². The van der Waals surface area contributed by atoms with E-state index >= 15 is 0 Å². The first-order chi connectivity index (χ1) is 16.6. The van der Waals surface area contributed by atoms with Gasteiger partial charge < -0.3 is 24.0 Å². The number of rotatable bonds is 3. The Hall–Kier alpha value is -4.00. The van der Waals surface area contributed by atoms with Gasteiger partial charge in [-0.15, -0.1) is 0 Å². The van der Waals surface area contributed by atoms with E-state index in [2.05, 4.69) is 11.8 Å². The second-order valence-corrected chi connectivity index (χ2v) is 8.36. The maximum atomic E-state index is 13.3. The van der Waals surface area contributed by atoms with Crippen LogP contribution in [0, 0.1) is 0 Å². The van der Waals surface area contributed by atoms with Gasteiger partial charge in [-0.3, -0.25) is 4.79 Å². The molecule has 1 atom stereocenters. The quantitative estimate of drug-likeness (QED) is 0.569. The lowest BCUT2D eigenvalue weighted by Crippen LogP contribution is -2.55. The van der Waals surface area contributed by atoms with Crippen LogP contribution in [-0.2, 0) is 0 Å². The van der Waals surface area contributed by atoms with Gasteiger partial charge in [0.15, 0.2) is 17.2 Å². The zero-order chi connectivity index (χ0) is 23.7. The van der Waals surface area contributed by atoms with Gasteiger partial charge in [0.1, 0.15) is 17.3 Å². The minimum atomic E-state index is -0.0232. The average molecular weight is 458 g/mol. The molecule has 1 unspecified atom stereocenters. The molecule has 174 valence electrons.